The second kappa shape index (κ2) is 6.29. The first kappa shape index (κ1) is 14.2. The molecule has 0 fully saturated rings. The van der Waals surface area contributed by atoms with Gasteiger partial charge >= 0.3 is 0 Å². The molecule has 2 aromatic carbocycles. The van der Waals surface area contributed by atoms with Gasteiger partial charge in [-0.25, -0.2) is 0 Å². The summed E-state index contributed by atoms with van der Waals surface area (Å²) in [6.07, 6.45) is 0. The van der Waals surface area contributed by atoms with Crippen molar-refractivity contribution in [2.24, 2.45) is 5.73 Å². The van der Waals surface area contributed by atoms with E-state index in [-0.39, 0.29) is 0 Å². The predicted molar refractivity (Wildman–Crippen MR) is 79.9 cm³/mol. The molecule has 0 saturated carbocycles. The first-order valence-electron chi connectivity index (χ1n) is 5.96. The molecule has 0 heterocycles. The number of halogens is 2. The van der Waals surface area contributed by atoms with E-state index in [0.717, 1.165) is 22.4 Å². The number of aryl methyl sites for hydroxylation is 1. The SMILES string of the molecule is Cc1ccc(COc2ccc(Cl)cc2CN)c(Cl)c1. The molecule has 4 heteroatoms. The molecule has 2 rings (SSSR count). The van der Waals surface area contributed by atoms with Gasteiger partial charge in [0.05, 0.1) is 0 Å². The molecule has 100 valence electrons. The molecule has 0 unspecified atom stereocenters. The zero-order valence-corrected chi connectivity index (χ0v) is 12.1. The average Bonchev–Trinajstić information content (AvgIpc) is 2.39. The van der Waals surface area contributed by atoms with E-state index in [1.54, 1.807) is 6.07 Å². The summed E-state index contributed by atoms with van der Waals surface area (Å²) in [6, 6.07) is 11.3. The molecular formula is C15H15Cl2NO. The molecule has 0 atom stereocenters. The smallest absolute Gasteiger partial charge is 0.124 e. The molecule has 0 aromatic heterocycles. The second-order valence-electron chi connectivity index (χ2n) is 4.34. The Kier molecular flexibility index (Phi) is 4.70. The molecule has 19 heavy (non-hydrogen) atoms. The Labute approximate surface area is 123 Å². The number of ether oxygens (including phenoxy) is 1. The molecule has 0 aliphatic rings. The van der Waals surface area contributed by atoms with Crippen LogP contribution < -0.4 is 10.5 Å². The summed E-state index contributed by atoms with van der Waals surface area (Å²) in [7, 11) is 0. The first-order chi connectivity index (χ1) is 9.10. The maximum atomic E-state index is 6.17. The zero-order valence-electron chi connectivity index (χ0n) is 10.6. The van der Waals surface area contributed by atoms with Crippen LogP contribution in [0.2, 0.25) is 10.0 Å². The van der Waals surface area contributed by atoms with Gasteiger partial charge in [-0.2, -0.15) is 0 Å². The van der Waals surface area contributed by atoms with E-state index in [1.807, 2.05) is 37.3 Å². The highest BCUT2D eigenvalue weighted by Gasteiger charge is 2.06. The highest BCUT2D eigenvalue weighted by atomic mass is 35.5. The normalized spacial score (nSPS) is 10.5. The molecule has 0 amide bonds. The number of hydrogen-bond donors (Lipinski definition) is 1. The van der Waals surface area contributed by atoms with Crippen molar-refractivity contribution in [2.75, 3.05) is 0 Å². The van der Waals surface area contributed by atoms with E-state index in [2.05, 4.69) is 0 Å². The van der Waals surface area contributed by atoms with Gasteiger partial charge < -0.3 is 10.5 Å². The lowest BCUT2D eigenvalue weighted by Crippen LogP contribution is -2.03. The lowest BCUT2D eigenvalue weighted by molar-refractivity contribution is 0.303. The van der Waals surface area contributed by atoms with Gasteiger partial charge in [0.1, 0.15) is 12.4 Å². The third-order valence-corrected chi connectivity index (χ3v) is 3.42. The largest absolute Gasteiger partial charge is 0.489 e. The van der Waals surface area contributed by atoms with Crippen LogP contribution in [0.5, 0.6) is 5.75 Å². The summed E-state index contributed by atoms with van der Waals surface area (Å²) in [4.78, 5) is 0. The molecule has 2 aromatic rings. The highest BCUT2D eigenvalue weighted by molar-refractivity contribution is 6.31. The topological polar surface area (TPSA) is 35.2 Å². The predicted octanol–water partition coefficient (Wildman–Crippen LogP) is 4.34. The first-order valence-corrected chi connectivity index (χ1v) is 6.72. The van der Waals surface area contributed by atoms with Gasteiger partial charge in [0.2, 0.25) is 0 Å². The molecule has 2 nitrogen and oxygen atoms in total. The monoisotopic (exact) mass is 295 g/mol. The van der Waals surface area contributed by atoms with E-state index >= 15 is 0 Å². The number of benzene rings is 2. The van der Waals surface area contributed by atoms with Crippen molar-refractivity contribution >= 4 is 23.2 Å². The van der Waals surface area contributed by atoms with Crippen molar-refractivity contribution in [1.82, 2.24) is 0 Å². The van der Waals surface area contributed by atoms with Crippen LogP contribution in [0.25, 0.3) is 0 Å². The van der Waals surface area contributed by atoms with E-state index in [9.17, 15) is 0 Å². The average molecular weight is 296 g/mol. The Morgan fingerprint density at radius 3 is 2.53 bits per heavy atom. The van der Waals surface area contributed by atoms with E-state index in [1.165, 1.54) is 0 Å². The van der Waals surface area contributed by atoms with Crippen LogP contribution in [0.3, 0.4) is 0 Å². The summed E-state index contributed by atoms with van der Waals surface area (Å²) >= 11 is 12.1. The van der Waals surface area contributed by atoms with Gasteiger partial charge in [0, 0.05) is 27.7 Å². The van der Waals surface area contributed by atoms with Crippen LogP contribution in [0.1, 0.15) is 16.7 Å². The van der Waals surface area contributed by atoms with Gasteiger partial charge in [-0.05, 0) is 36.8 Å². The van der Waals surface area contributed by atoms with E-state index in [0.29, 0.717) is 23.2 Å². The molecule has 2 N–H and O–H groups in total. The fraction of sp³-hybridized carbons (Fsp3) is 0.200. The van der Waals surface area contributed by atoms with Gasteiger partial charge in [-0.3, -0.25) is 0 Å². The van der Waals surface area contributed by atoms with Crippen LogP contribution in [0, 0.1) is 6.92 Å². The lowest BCUT2D eigenvalue weighted by Gasteiger charge is -2.12. The van der Waals surface area contributed by atoms with Crippen molar-refractivity contribution in [3.8, 4) is 5.75 Å². The number of hydrogen-bond acceptors (Lipinski definition) is 2. The molecule has 0 radical (unpaired) electrons. The number of rotatable bonds is 4. The molecule has 0 aliphatic heterocycles. The van der Waals surface area contributed by atoms with Crippen LogP contribution in [-0.2, 0) is 13.2 Å². The fourth-order valence-electron chi connectivity index (χ4n) is 1.77. The Morgan fingerprint density at radius 2 is 1.84 bits per heavy atom. The highest BCUT2D eigenvalue weighted by Crippen LogP contribution is 2.25. The minimum atomic E-state index is 0.386. The van der Waals surface area contributed by atoms with Gasteiger partial charge in [-0.1, -0.05) is 35.3 Å². The minimum Gasteiger partial charge on any atom is -0.489 e. The van der Waals surface area contributed by atoms with E-state index < -0.39 is 0 Å². The molecule has 0 saturated heterocycles. The van der Waals surface area contributed by atoms with E-state index in [4.69, 9.17) is 33.7 Å². The zero-order chi connectivity index (χ0) is 13.8. The summed E-state index contributed by atoms with van der Waals surface area (Å²) in [5, 5.41) is 1.37. The third kappa shape index (κ3) is 3.63. The van der Waals surface area contributed by atoms with Crippen LogP contribution >= 0.6 is 23.2 Å². The summed E-state index contributed by atoms with van der Waals surface area (Å²) in [5.41, 5.74) is 8.64. The maximum absolute atomic E-state index is 6.17. The number of nitrogens with two attached hydrogens (primary N) is 1. The molecule has 0 aliphatic carbocycles. The Bertz CT molecular complexity index is 584. The summed E-state index contributed by atoms with van der Waals surface area (Å²) < 4.78 is 5.77. The fourth-order valence-corrected chi connectivity index (χ4v) is 2.26. The van der Waals surface area contributed by atoms with Crippen molar-refractivity contribution in [3.63, 3.8) is 0 Å². The minimum absolute atomic E-state index is 0.386. The van der Waals surface area contributed by atoms with Crippen LogP contribution in [0.4, 0.5) is 0 Å². The van der Waals surface area contributed by atoms with Crippen molar-refractivity contribution < 1.29 is 4.74 Å². The Balaban J connectivity index is 2.14. The van der Waals surface area contributed by atoms with Gasteiger partial charge in [0.25, 0.3) is 0 Å². The molecule has 0 bridgehead atoms. The maximum Gasteiger partial charge on any atom is 0.124 e. The standard InChI is InChI=1S/C15H15Cl2NO/c1-10-2-3-11(14(17)6-10)9-19-15-5-4-13(16)7-12(15)8-18/h2-7H,8-9,18H2,1H3. The van der Waals surface area contributed by atoms with Gasteiger partial charge in [-0.15, -0.1) is 0 Å². The molecule has 0 spiro atoms. The van der Waals surface area contributed by atoms with Crippen molar-refractivity contribution in [1.29, 1.82) is 0 Å². The second-order valence-corrected chi connectivity index (χ2v) is 5.18. The summed E-state index contributed by atoms with van der Waals surface area (Å²) in [6.45, 7) is 2.80. The Hall–Kier alpha value is -1.22. The lowest BCUT2D eigenvalue weighted by atomic mass is 10.1. The van der Waals surface area contributed by atoms with Crippen LogP contribution in [0.15, 0.2) is 36.4 Å². The van der Waals surface area contributed by atoms with Crippen molar-refractivity contribution in [2.45, 2.75) is 20.1 Å². The van der Waals surface area contributed by atoms with Gasteiger partial charge in [0.15, 0.2) is 0 Å². The van der Waals surface area contributed by atoms with Crippen LogP contribution in [-0.4, -0.2) is 0 Å². The Morgan fingerprint density at radius 1 is 1.05 bits per heavy atom. The van der Waals surface area contributed by atoms with Crippen molar-refractivity contribution in [3.05, 3.63) is 63.1 Å². The molecular weight excluding hydrogens is 281 g/mol. The summed E-state index contributed by atoms with van der Waals surface area (Å²) in [5.74, 6) is 0.739. The third-order valence-electron chi connectivity index (χ3n) is 2.83. The quantitative estimate of drug-likeness (QED) is 0.911.